The fourth-order valence-electron chi connectivity index (χ4n) is 3.76. The molecule has 0 bridgehead atoms. The number of hydrogen-bond acceptors (Lipinski definition) is 4. The average molecular weight is 380 g/mol. The molecule has 0 radical (unpaired) electrons. The first-order chi connectivity index (χ1) is 13.0. The molecule has 1 aliphatic carbocycles. The smallest absolute Gasteiger partial charge is 0.414 e. The lowest BCUT2D eigenvalue weighted by molar-refractivity contribution is -0.159. The molecule has 150 valence electrons. The summed E-state index contributed by atoms with van der Waals surface area (Å²) in [5.41, 5.74) is 1.22. The normalized spacial score (nSPS) is 19.6. The van der Waals surface area contributed by atoms with E-state index in [9.17, 15) is 4.39 Å². The minimum Gasteiger partial charge on any atom is -0.473 e. The maximum absolute atomic E-state index is 12.9. The summed E-state index contributed by atoms with van der Waals surface area (Å²) in [6, 6.07) is 7.79. The molecule has 1 aromatic carbocycles. The van der Waals surface area contributed by atoms with Crippen LogP contribution in [-0.4, -0.2) is 64.2 Å². The van der Waals surface area contributed by atoms with Crippen LogP contribution in [0.2, 0.25) is 0 Å². The number of carboxylic acids is 2. The molecule has 0 spiro atoms. The second kappa shape index (κ2) is 11.0. The van der Waals surface area contributed by atoms with E-state index in [1.807, 2.05) is 12.1 Å². The first-order valence-electron chi connectivity index (χ1n) is 9.63. The number of piperazine rings is 1. The molecule has 2 fully saturated rings. The molecule has 1 aliphatic heterocycles. The van der Waals surface area contributed by atoms with Crippen LogP contribution in [0.25, 0.3) is 0 Å². The van der Waals surface area contributed by atoms with Crippen molar-refractivity contribution in [3.63, 3.8) is 0 Å². The lowest BCUT2D eigenvalue weighted by Crippen LogP contribution is -2.49. The molecule has 1 saturated carbocycles. The van der Waals surface area contributed by atoms with Crippen LogP contribution in [0.15, 0.2) is 24.3 Å². The third-order valence-electron chi connectivity index (χ3n) is 5.25. The second-order valence-electron chi connectivity index (χ2n) is 7.19. The Morgan fingerprint density at radius 3 is 1.89 bits per heavy atom. The van der Waals surface area contributed by atoms with E-state index in [1.54, 1.807) is 12.1 Å². The van der Waals surface area contributed by atoms with Crippen molar-refractivity contribution in [1.29, 1.82) is 0 Å². The Balaban J connectivity index is 0.000000380. The van der Waals surface area contributed by atoms with Crippen LogP contribution < -0.4 is 0 Å². The van der Waals surface area contributed by atoms with Gasteiger partial charge in [-0.25, -0.2) is 14.0 Å². The zero-order chi connectivity index (χ0) is 19.6. The summed E-state index contributed by atoms with van der Waals surface area (Å²) in [5.74, 6) is -3.79. The van der Waals surface area contributed by atoms with Gasteiger partial charge in [-0.15, -0.1) is 0 Å². The van der Waals surface area contributed by atoms with Crippen LogP contribution in [0.5, 0.6) is 0 Å². The molecule has 0 aromatic heterocycles. The highest BCUT2D eigenvalue weighted by atomic mass is 19.1. The zero-order valence-corrected chi connectivity index (χ0v) is 15.6. The van der Waals surface area contributed by atoms with Gasteiger partial charge in [0.15, 0.2) is 0 Å². The van der Waals surface area contributed by atoms with E-state index >= 15 is 0 Å². The van der Waals surface area contributed by atoms with E-state index < -0.39 is 11.9 Å². The molecule has 27 heavy (non-hydrogen) atoms. The predicted octanol–water partition coefficient (Wildman–Crippen LogP) is 2.82. The molecular formula is C20H29FN2O4. The Labute approximate surface area is 159 Å². The molecule has 1 heterocycles. The van der Waals surface area contributed by atoms with Crippen molar-refractivity contribution in [3.8, 4) is 0 Å². The van der Waals surface area contributed by atoms with Gasteiger partial charge in [0.2, 0.25) is 0 Å². The summed E-state index contributed by atoms with van der Waals surface area (Å²) in [6.07, 6.45) is 8.50. The highest BCUT2D eigenvalue weighted by molar-refractivity contribution is 6.27. The Morgan fingerprint density at radius 1 is 0.889 bits per heavy atom. The van der Waals surface area contributed by atoms with Crippen molar-refractivity contribution >= 4 is 11.9 Å². The molecule has 0 amide bonds. The topological polar surface area (TPSA) is 81.1 Å². The number of halogens is 1. The van der Waals surface area contributed by atoms with Gasteiger partial charge in [-0.1, -0.05) is 37.8 Å². The van der Waals surface area contributed by atoms with Crippen molar-refractivity contribution in [2.24, 2.45) is 0 Å². The maximum atomic E-state index is 12.9. The van der Waals surface area contributed by atoms with Gasteiger partial charge in [0, 0.05) is 38.8 Å². The lowest BCUT2D eigenvalue weighted by Gasteiger charge is -2.39. The van der Waals surface area contributed by atoms with E-state index in [4.69, 9.17) is 19.8 Å². The number of aliphatic carboxylic acids is 2. The Morgan fingerprint density at radius 2 is 1.41 bits per heavy atom. The SMILES string of the molecule is Fc1ccc(CN2CCN(C3CCCCCC3)CC2)cc1.O=C(O)C(=O)O. The van der Waals surface area contributed by atoms with E-state index in [0.717, 1.165) is 25.7 Å². The van der Waals surface area contributed by atoms with Gasteiger partial charge < -0.3 is 10.2 Å². The average Bonchev–Trinajstić information content (AvgIpc) is 2.94. The van der Waals surface area contributed by atoms with E-state index in [1.165, 1.54) is 57.2 Å². The number of carbonyl (C=O) groups is 2. The summed E-state index contributed by atoms with van der Waals surface area (Å²) in [5, 5.41) is 14.8. The predicted molar refractivity (Wildman–Crippen MR) is 100 cm³/mol. The summed E-state index contributed by atoms with van der Waals surface area (Å²) in [6.45, 7) is 5.65. The Kier molecular flexibility index (Phi) is 8.67. The molecule has 2 N–H and O–H groups in total. The minimum absolute atomic E-state index is 0.142. The molecule has 2 aliphatic rings. The van der Waals surface area contributed by atoms with Gasteiger partial charge in [-0.3, -0.25) is 9.80 Å². The van der Waals surface area contributed by atoms with Crippen LogP contribution in [0.1, 0.15) is 44.1 Å². The van der Waals surface area contributed by atoms with Crippen LogP contribution in [0.4, 0.5) is 4.39 Å². The summed E-state index contributed by atoms with van der Waals surface area (Å²) < 4.78 is 12.9. The van der Waals surface area contributed by atoms with Crippen LogP contribution >= 0.6 is 0 Å². The lowest BCUT2D eigenvalue weighted by atomic mass is 10.1. The van der Waals surface area contributed by atoms with Gasteiger partial charge in [0.05, 0.1) is 0 Å². The maximum Gasteiger partial charge on any atom is 0.414 e. The minimum atomic E-state index is -1.82. The molecule has 6 nitrogen and oxygen atoms in total. The van der Waals surface area contributed by atoms with E-state index in [-0.39, 0.29) is 5.82 Å². The van der Waals surface area contributed by atoms with Crippen molar-refractivity contribution in [2.45, 2.75) is 51.1 Å². The third-order valence-corrected chi connectivity index (χ3v) is 5.25. The Hall–Kier alpha value is -1.99. The number of carboxylic acid groups (broad SMARTS) is 2. The first kappa shape index (κ1) is 21.3. The van der Waals surface area contributed by atoms with Gasteiger partial charge >= 0.3 is 11.9 Å². The zero-order valence-electron chi connectivity index (χ0n) is 15.6. The van der Waals surface area contributed by atoms with Gasteiger partial charge in [0.1, 0.15) is 5.82 Å². The standard InChI is InChI=1S/C18H27FN2.C2H2O4/c19-17-9-7-16(8-10-17)15-20-11-13-21(14-12-20)18-5-3-1-2-4-6-18;3-1(4)2(5)6/h7-10,18H,1-6,11-15H2;(H,3,4)(H,5,6). The second-order valence-corrected chi connectivity index (χ2v) is 7.19. The quantitative estimate of drug-likeness (QED) is 0.620. The fourth-order valence-corrected chi connectivity index (χ4v) is 3.76. The largest absolute Gasteiger partial charge is 0.473 e. The van der Waals surface area contributed by atoms with E-state index in [0.29, 0.717) is 0 Å². The Bertz CT molecular complexity index is 581. The van der Waals surface area contributed by atoms with Crippen LogP contribution in [-0.2, 0) is 16.1 Å². The van der Waals surface area contributed by atoms with Gasteiger partial charge in [-0.05, 0) is 30.5 Å². The van der Waals surface area contributed by atoms with E-state index in [2.05, 4.69) is 9.80 Å². The van der Waals surface area contributed by atoms with Crippen molar-refractivity contribution in [2.75, 3.05) is 26.2 Å². The first-order valence-corrected chi connectivity index (χ1v) is 9.63. The number of benzene rings is 1. The number of hydrogen-bond donors (Lipinski definition) is 2. The summed E-state index contributed by atoms with van der Waals surface area (Å²) >= 11 is 0. The molecule has 3 rings (SSSR count). The number of nitrogens with zero attached hydrogens (tertiary/aromatic N) is 2. The highest BCUT2D eigenvalue weighted by Crippen LogP contribution is 2.23. The molecule has 1 saturated heterocycles. The van der Waals surface area contributed by atoms with Gasteiger partial charge in [0.25, 0.3) is 0 Å². The summed E-state index contributed by atoms with van der Waals surface area (Å²) in [4.78, 5) is 23.4. The third kappa shape index (κ3) is 7.64. The molecular weight excluding hydrogens is 351 g/mol. The van der Waals surface area contributed by atoms with Crippen LogP contribution in [0.3, 0.4) is 0 Å². The van der Waals surface area contributed by atoms with Gasteiger partial charge in [-0.2, -0.15) is 0 Å². The van der Waals surface area contributed by atoms with Crippen molar-refractivity contribution in [3.05, 3.63) is 35.6 Å². The van der Waals surface area contributed by atoms with Crippen molar-refractivity contribution in [1.82, 2.24) is 9.80 Å². The highest BCUT2D eigenvalue weighted by Gasteiger charge is 2.24. The molecule has 0 unspecified atom stereocenters. The van der Waals surface area contributed by atoms with Crippen molar-refractivity contribution < 1.29 is 24.2 Å². The molecule has 1 aromatic rings. The molecule has 0 atom stereocenters. The summed E-state index contributed by atoms with van der Waals surface area (Å²) in [7, 11) is 0. The fraction of sp³-hybridized carbons (Fsp3) is 0.600. The monoisotopic (exact) mass is 380 g/mol. The molecule has 7 heteroatoms. The van der Waals surface area contributed by atoms with Crippen LogP contribution in [0, 0.1) is 5.82 Å². The number of rotatable bonds is 3.